The summed E-state index contributed by atoms with van der Waals surface area (Å²) in [6.45, 7) is 2.39. The van der Waals surface area contributed by atoms with Crippen LogP contribution in [0.3, 0.4) is 0 Å². The molecule has 1 unspecified atom stereocenters. The Hall–Kier alpha value is -2.22. The van der Waals surface area contributed by atoms with Gasteiger partial charge >= 0.3 is 0 Å². The molecule has 0 radical (unpaired) electrons. The third-order valence-electron chi connectivity index (χ3n) is 4.41. The SMILES string of the molecule is CCN(C)S(=O)(=O)NCC1CC(c2ccc(-c3ccccc3)cc2)=NO1. The molecule has 1 aliphatic rings. The van der Waals surface area contributed by atoms with Crippen molar-refractivity contribution in [2.24, 2.45) is 5.16 Å². The van der Waals surface area contributed by atoms with Gasteiger partial charge in [0, 0.05) is 20.0 Å². The van der Waals surface area contributed by atoms with Gasteiger partial charge in [-0.2, -0.15) is 17.4 Å². The summed E-state index contributed by atoms with van der Waals surface area (Å²) in [5.41, 5.74) is 4.12. The minimum atomic E-state index is -3.46. The summed E-state index contributed by atoms with van der Waals surface area (Å²) >= 11 is 0. The Morgan fingerprint density at radius 2 is 1.69 bits per heavy atom. The van der Waals surface area contributed by atoms with E-state index in [0.717, 1.165) is 22.4 Å². The third-order valence-corrected chi connectivity index (χ3v) is 6.02. The first-order chi connectivity index (χ1) is 12.5. The highest BCUT2D eigenvalue weighted by Crippen LogP contribution is 2.22. The molecule has 0 saturated heterocycles. The molecule has 0 aromatic heterocycles. The minimum Gasteiger partial charge on any atom is -0.390 e. The van der Waals surface area contributed by atoms with Gasteiger partial charge in [-0.05, 0) is 16.7 Å². The van der Waals surface area contributed by atoms with E-state index < -0.39 is 10.2 Å². The van der Waals surface area contributed by atoms with Gasteiger partial charge in [-0.3, -0.25) is 0 Å². The van der Waals surface area contributed by atoms with Crippen LogP contribution in [0.1, 0.15) is 18.9 Å². The predicted molar refractivity (Wildman–Crippen MR) is 103 cm³/mol. The summed E-state index contributed by atoms with van der Waals surface area (Å²) in [6.07, 6.45) is 0.280. The minimum absolute atomic E-state index is 0.196. The number of benzene rings is 2. The molecule has 7 heteroatoms. The van der Waals surface area contributed by atoms with E-state index in [9.17, 15) is 8.42 Å². The van der Waals surface area contributed by atoms with Crippen LogP contribution in [-0.4, -0.2) is 44.7 Å². The van der Waals surface area contributed by atoms with Crippen molar-refractivity contribution in [1.29, 1.82) is 0 Å². The van der Waals surface area contributed by atoms with Crippen LogP contribution >= 0.6 is 0 Å². The van der Waals surface area contributed by atoms with Crippen molar-refractivity contribution in [2.75, 3.05) is 20.1 Å². The highest BCUT2D eigenvalue weighted by molar-refractivity contribution is 7.87. The van der Waals surface area contributed by atoms with E-state index in [1.807, 2.05) is 30.3 Å². The smallest absolute Gasteiger partial charge is 0.279 e. The molecule has 0 fully saturated rings. The van der Waals surface area contributed by atoms with Gasteiger partial charge in [0.15, 0.2) is 0 Å². The molecule has 0 amide bonds. The van der Waals surface area contributed by atoms with Crippen LogP contribution in [0.2, 0.25) is 0 Å². The molecule has 1 atom stereocenters. The average Bonchev–Trinajstić information content (AvgIpc) is 3.16. The van der Waals surface area contributed by atoms with Crippen LogP contribution in [0, 0.1) is 0 Å². The van der Waals surface area contributed by atoms with Crippen molar-refractivity contribution >= 4 is 15.9 Å². The maximum absolute atomic E-state index is 12.0. The van der Waals surface area contributed by atoms with Crippen molar-refractivity contribution < 1.29 is 13.3 Å². The summed E-state index contributed by atoms with van der Waals surface area (Å²) in [5.74, 6) is 0. The maximum Gasteiger partial charge on any atom is 0.279 e. The maximum atomic E-state index is 12.0. The number of nitrogens with zero attached hydrogens (tertiary/aromatic N) is 2. The van der Waals surface area contributed by atoms with E-state index in [2.05, 4.69) is 34.1 Å². The Balaban J connectivity index is 1.59. The van der Waals surface area contributed by atoms with Crippen LogP contribution in [0.5, 0.6) is 0 Å². The zero-order chi connectivity index (χ0) is 18.6. The lowest BCUT2D eigenvalue weighted by Gasteiger charge is -2.16. The van der Waals surface area contributed by atoms with Crippen LogP contribution in [0.15, 0.2) is 59.8 Å². The summed E-state index contributed by atoms with van der Waals surface area (Å²) < 4.78 is 27.7. The summed E-state index contributed by atoms with van der Waals surface area (Å²) in [5, 5.41) is 4.12. The van der Waals surface area contributed by atoms with Gasteiger partial charge < -0.3 is 4.84 Å². The Kier molecular flexibility index (Phi) is 5.70. The molecule has 1 N–H and O–H groups in total. The predicted octanol–water partition coefficient (Wildman–Crippen LogP) is 2.63. The molecule has 0 aliphatic carbocycles. The molecule has 2 aromatic rings. The van der Waals surface area contributed by atoms with E-state index in [4.69, 9.17) is 4.84 Å². The van der Waals surface area contributed by atoms with E-state index >= 15 is 0 Å². The molecular weight excluding hydrogens is 350 g/mol. The Morgan fingerprint density at radius 1 is 1.08 bits per heavy atom. The van der Waals surface area contributed by atoms with E-state index in [-0.39, 0.29) is 12.6 Å². The topological polar surface area (TPSA) is 71.0 Å². The monoisotopic (exact) mass is 373 g/mol. The molecule has 3 rings (SSSR count). The molecule has 0 spiro atoms. The quantitative estimate of drug-likeness (QED) is 0.811. The fourth-order valence-corrected chi connectivity index (χ4v) is 3.63. The van der Waals surface area contributed by atoms with Crippen LogP contribution in [0.4, 0.5) is 0 Å². The van der Waals surface area contributed by atoms with Crippen LogP contribution in [-0.2, 0) is 15.0 Å². The van der Waals surface area contributed by atoms with Crippen molar-refractivity contribution in [3.05, 3.63) is 60.2 Å². The van der Waals surface area contributed by atoms with Crippen molar-refractivity contribution in [3.8, 4) is 11.1 Å². The molecule has 0 saturated carbocycles. The second-order valence-corrected chi connectivity index (χ2v) is 8.04. The van der Waals surface area contributed by atoms with Gasteiger partial charge in [0.2, 0.25) is 0 Å². The first-order valence-corrected chi connectivity index (χ1v) is 10.0. The van der Waals surface area contributed by atoms with Gasteiger partial charge in [-0.25, -0.2) is 0 Å². The fourth-order valence-electron chi connectivity index (χ4n) is 2.67. The number of nitrogens with one attached hydrogen (secondary N) is 1. The Morgan fingerprint density at radius 3 is 2.35 bits per heavy atom. The van der Waals surface area contributed by atoms with Gasteiger partial charge in [0.05, 0.1) is 12.3 Å². The van der Waals surface area contributed by atoms with Crippen LogP contribution < -0.4 is 4.72 Å². The highest BCUT2D eigenvalue weighted by Gasteiger charge is 2.25. The number of hydrogen-bond acceptors (Lipinski definition) is 4. The molecular formula is C19H23N3O3S. The van der Waals surface area contributed by atoms with Crippen molar-refractivity contribution in [3.63, 3.8) is 0 Å². The van der Waals surface area contributed by atoms with Gasteiger partial charge in [-0.15, -0.1) is 0 Å². The first-order valence-electron chi connectivity index (χ1n) is 8.59. The zero-order valence-corrected chi connectivity index (χ0v) is 15.7. The Labute approximate surface area is 154 Å². The van der Waals surface area contributed by atoms with E-state index in [1.54, 1.807) is 6.92 Å². The standard InChI is InChI=1S/C19H23N3O3S/c1-3-22(2)26(23,24)20-14-18-13-19(21-25-18)17-11-9-16(10-12-17)15-7-5-4-6-8-15/h4-12,18,20H,3,13-14H2,1-2H3. The molecule has 138 valence electrons. The van der Waals surface area contributed by atoms with Crippen LogP contribution in [0.25, 0.3) is 11.1 Å². The molecule has 2 aromatic carbocycles. The molecule has 26 heavy (non-hydrogen) atoms. The molecule has 1 heterocycles. The molecule has 6 nitrogen and oxygen atoms in total. The Bertz CT molecular complexity index is 865. The second kappa shape index (κ2) is 7.99. The lowest BCUT2D eigenvalue weighted by molar-refractivity contribution is 0.0888. The van der Waals surface area contributed by atoms with Crippen molar-refractivity contribution in [1.82, 2.24) is 9.03 Å². The summed E-state index contributed by atoms with van der Waals surface area (Å²) in [7, 11) is -1.93. The average molecular weight is 373 g/mol. The fraction of sp³-hybridized carbons (Fsp3) is 0.316. The number of hydrogen-bond donors (Lipinski definition) is 1. The molecule has 0 bridgehead atoms. The first kappa shape index (κ1) is 18.6. The van der Waals surface area contributed by atoms with Crippen molar-refractivity contribution in [2.45, 2.75) is 19.4 Å². The van der Waals surface area contributed by atoms with Gasteiger partial charge in [0.1, 0.15) is 6.10 Å². The highest BCUT2D eigenvalue weighted by atomic mass is 32.2. The lowest BCUT2D eigenvalue weighted by atomic mass is 10.0. The molecule has 1 aliphatic heterocycles. The lowest BCUT2D eigenvalue weighted by Crippen LogP contribution is -2.41. The number of oxime groups is 1. The summed E-state index contributed by atoms with van der Waals surface area (Å²) in [6, 6.07) is 18.3. The van der Waals surface area contributed by atoms with E-state index in [1.165, 1.54) is 11.4 Å². The number of rotatable bonds is 7. The largest absolute Gasteiger partial charge is 0.390 e. The van der Waals surface area contributed by atoms with E-state index in [0.29, 0.717) is 13.0 Å². The second-order valence-electron chi connectivity index (χ2n) is 6.18. The normalized spacial score (nSPS) is 17.2. The summed E-state index contributed by atoms with van der Waals surface area (Å²) in [4.78, 5) is 5.39. The zero-order valence-electron chi connectivity index (χ0n) is 14.9. The van der Waals surface area contributed by atoms with Gasteiger partial charge in [-0.1, -0.05) is 66.7 Å². The third kappa shape index (κ3) is 4.30. The van der Waals surface area contributed by atoms with Gasteiger partial charge in [0.25, 0.3) is 10.2 Å².